The molecule has 0 bridgehead atoms. The lowest BCUT2D eigenvalue weighted by Crippen LogP contribution is -2.28. The molecular weight excluding hydrogens is 413 g/mol. The van der Waals surface area contributed by atoms with Gasteiger partial charge in [0.25, 0.3) is 0 Å². The Hall–Kier alpha value is -2.83. The number of benzene rings is 1. The highest BCUT2D eigenvalue weighted by molar-refractivity contribution is 7.12. The largest absolute Gasteiger partial charge is 0.496 e. The Morgan fingerprint density at radius 1 is 1.37 bits per heavy atom. The normalized spacial score (nSPS) is 16.2. The summed E-state index contributed by atoms with van der Waals surface area (Å²) in [4.78, 5) is 1.62. The lowest BCUT2D eigenvalue weighted by Gasteiger charge is -2.27. The number of aromatic nitrogens is 2. The molecule has 5 nitrogen and oxygen atoms in total. The number of aryl methyl sites for hydroxylation is 1. The van der Waals surface area contributed by atoms with Crippen molar-refractivity contribution in [3.8, 4) is 22.9 Å². The maximum Gasteiger partial charge on any atom is 0.435 e. The summed E-state index contributed by atoms with van der Waals surface area (Å²) < 4.78 is 48.2. The third-order valence-corrected chi connectivity index (χ3v) is 6.29. The number of hydrogen-bond acceptors (Lipinski definition) is 5. The van der Waals surface area contributed by atoms with Crippen LogP contribution in [0.5, 0.6) is 5.75 Å². The topological polar surface area (TPSA) is 62.9 Å². The van der Waals surface area contributed by atoms with Crippen molar-refractivity contribution >= 4 is 11.3 Å². The highest BCUT2D eigenvalue weighted by Crippen LogP contribution is 2.46. The Morgan fingerprint density at radius 3 is 2.83 bits per heavy atom. The number of methoxy groups -OCH3 is 1. The van der Waals surface area contributed by atoms with Gasteiger partial charge < -0.3 is 10.1 Å². The second kappa shape index (κ2) is 7.78. The number of ether oxygens (including phenoxy) is 1. The van der Waals surface area contributed by atoms with Crippen LogP contribution in [0.15, 0.2) is 30.5 Å². The Morgan fingerprint density at radius 2 is 2.17 bits per heavy atom. The van der Waals surface area contributed by atoms with E-state index in [0.29, 0.717) is 41.4 Å². The van der Waals surface area contributed by atoms with Crippen LogP contribution in [0.2, 0.25) is 0 Å². The number of hydrogen-bond donors (Lipinski definition) is 1. The minimum absolute atomic E-state index is 0.000315. The minimum Gasteiger partial charge on any atom is -0.496 e. The van der Waals surface area contributed by atoms with Gasteiger partial charge in [-0.1, -0.05) is 12.1 Å². The molecule has 3 heterocycles. The Balaban J connectivity index is 1.96. The fraction of sp³-hybridized carbons (Fsp3) is 0.333. The van der Waals surface area contributed by atoms with E-state index in [9.17, 15) is 18.4 Å². The summed E-state index contributed by atoms with van der Waals surface area (Å²) >= 11 is 1.41. The number of thiophene rings is 1. The first-order valence-electron chi connectivity index (χ1n) is 9.42. The average Bonchev–Trinajstić information content (AvgIpc) is 3.36. The molecule has 1 aliphatic heterocycles. The Bertz CT molecular complexity index is 1130. The number of nitrogens with one attached hydrogen (secondary N) is 1. The molecule has 0 saturated heterocycles. The molecular formula is C21H19F3N4OS. The molecule has 3 aromatic rings. The van der Waals surface area contributed by atoms with Gasteiger partial charge in [-0.2, -0.15) is 23.5 Å². The molecule has 1 aromatic carbocycles. The molecule has 30 heavy (non-hydrogen) atoms. The van der Waals surface area contributed by atoms with Gasteiger partial charge in [-0.15, -0.1) is 11.3 Å². The molecule has 1 N–H and O–H groups in total. The van der Waals surface area contributed by atoms with E-state index in [0.717, 1.165) is 10.4 Å². The second-order valence-electron chi connectivity index (χ2n) is 6.95. The van der Waals surface area contributed by atoms with E-state index in [1.165, 1.54) is 29.3 Å². The van der Waals surface area contributed by atoms with Gasteiger partial charge >= 0.3 is 6.18 Å². The van der Waals surface area contributed by atoms with Crippen molar-refractivity contribution in [1.82, 2.24) is 15.1 Å². The fourth-order valence-electron chi connectivity index (χ4n) is 3.92. The molecule has 4 rings (SSSR count). The maximum absolute atomic E-state index is 13.8. The van der Waals surface area contributed by atoms with Crippen molar-refractivity contribution in [3.63, 3.8) is 0 Å². The third kappa shape index (κ3) is 3.46. The van der Waals surface area contributed by atoms with E-state index >= 15 is 0 Å². The van der Waals surface area contributed by atoms with Gasteiger partial charge in [0.15, 0.2) is 5.69 Å². The monoisotopic (exact) mass is 432 g/mol. The summed E-state index contributed by atoms with van der Waals surface area (Å²) in [6.45, 7) is 3.25. The maximum atomic E-state index is 13.8. The molecule has 0 amide bonds. The van der Waals surface area contributed by atoms with Crippen LogP contribution >= 0.6 is 11.3 Å². The zero-order valence-electron chi connectivity index (χ0n) is 16.4. The summed E-state index contributed by atoms with van der Waals surface area (Å²) in [5, 5.41) is 16.4. The van der Waals surface area contributed by atoms with Gasteiger partial charge in [0.05, 0.1) is 7.11 Å². The molecule has 156 valence electrons. The number of fused-ring (bicyclic) bond motifs is 1. The van der Waals surface area contributed by atoms with Gasteiger partial charge in [0.2, 0.25) is 0 Å². The third-order valence-electron chi connectivity index (χ3n) is 5.24. The lowest BCUT2D eigenvalue weighted by molar-refractivity contribution is -0.141. The van der Waals surface area contributed by atoms with Crippen molar-refractivity contribution in [3.05, 3.63) is 57.0 Å². The van der Waals surface area contributed by atoms with Crippen molar-refractivity contribution in [2.24, 2.45) is 0 Å². The molecule has 2 aromatic heterocycles. The van der Waals surface area contributed by atoms with Crippen LogP contribution in [0.3, 0.4) is 0 Å². The SMILES string of the molecule is CCn1cc(-c2c(OC)cccc2C2CNCc3sc(C#N)cc32)c(C(F)(F)F)n1. The smallest absolute Gasteiger partial charge is 0.435 e. The van der Waals surface area contributed by atoms with Gasteiger partial charge in [-0.3, -0.25) is 4.68 Å². The van der Waals surface area contributed by atoms with E-state index < -0.39 is 11.9 Å². The predicted octanol–water partition coefficient (Wildman–Crippen LogP) is 4.77. The zero-order chi connectivity index (χ0) is 21.5. The van der Waals surface area contributed by atoms with Crippen molar-refractivity contribution in [2.45, 2.75) is 32.1 Å². The quantitative estimate of drug-likeness (QED) is 0.645. The number of halogens is 3. The van der Waals surface area contributed by atoms with Gasteiger partial charge in [0, 0.05) is 47.8 Å². The van der Waals surface area contributed by atoms with Gasteiger partial charge in [0.1, 0.15) is 16.7 Å². The molecule has 9 heteroatoms. The van der Waals surface area contributed by atoms with Crippen molar-refractivity contribution in [2.75, 3.05) is 13.7 Å². The average molecular weight is 432 g/mol. The molecule has 0 saturated carbocycles. The van der Waals surface area contributed by atoms with E-state index in [2.05, 4.69) is 16.5 Å². The Kier molecular flexibility index (Phi) is 5.30. The first-order chi connectivity index (χ1) is 14.4. The van der Waals surface area contributed by atoms with Crippen LogP contribution < -0.4 is 10.1 Å². The van der Waals surface area contributed by atoms with Crippen LogP contribution in [-0.4, -0.2) is 23.4 Å². The molecule has 0 fully saturated rings. The highest BCUT2D eigenvalue weighted by Gasteiger charge is 2.39. The highest BCUT2D eigenvalue weighted by atomic mass is 32.1. The fourth-order valence-corrected chi connectivity index (χ4v) is 4.91. The molecule has 1 unspecified atom stereocenters. The van der Waals surface area contributed by atoms with Gasteiger partial charge in [-0.05, 0) is 30.2 Å². The number of nitrogens with zero attached hydrogens (tertiary/aromatic N) is 3. The van der Waals surface area contributed by atoms with E-state index in [-0.39, 0.29) is 11.5 Å². The number of rotatable bonds is 4. The minimum atomic E-state index is -4.60. The summed E-state index contributed by atoms with van der Waals surface area (Å²) in [6.07, 6.45) is -3.17. The van der Waals surface area contributed by atoms with Crippen LogP contribution in [0, 0.1) is 11.3 Å². The summed E-state index contributed by atoms with van der Waals surface area (Å²) in [7, 11) is 1.45. The Labute approximate surface area is 175 Å². The lowest BCUT2D eigenvalue weighted by atomic mass is 9.84. The van der Waals surface area contributed by atoms with E-state index in [1.807, 2.05) is 12.1 Å². The van der Waals surface area contributed by atoms with Crippen molar-refractivity contribution < 1.29 is 17.9 Å². The van der Waals surface area contributed by atoms with E-state index in [4.69, 9.17) is 4.74 Å². The van der Waals surface area contributed by atoms with Crippen molar-refractivity contribution in [1.29, 1.82) is 5.26 Å². The van der Waals surface area contributed by atoms with Crippen LogP contribution in [0.1, 0.15) is 39.4 Å². The second-order valence-corrected chi connectivity index (χ2v) is 8.09. The molecule has 1 atom stereocenters. The van der Waals surface area contributed by atoms with Crippen LogP contribution in [-0.2, 0) is 19.3 Å². The number of nitriles is 1. The van der Waals surface area contributed by atoms with Crippen LogP contribution in [0.25, 0.3) is 11.1 Å². The molecule has 1 aliphatic rings. The number of alkyl halides is 3. The standard InChI is InChI=1S/C21H19F3N4OS/c1-3-28-11-16(20(27-28)21(22,23)24)19-13(5-4-6-17(19)29-2)15-9-26-10-18-14(15)7-12(8-25)30-18/h4-7,11,15,26H,3,9-10H2,1-2H3. The van der Waals surface area contributed by atoms with Crippen LogP contribution in [0.4, 0.5) is 13.2 Å². The molecule has 0 aliphatic carbocycles. The van der Waals surface area contributed by atoms with Gasteiger partial charge in [-0.25, -0.2) is 0 Å². The summed E-state index contributed by atoms with van der Waals surface area (Å²) in [5.74, 6) is 0.153. The summed E-state index contributed by atoms with van der Waals surface area (Å²) in [5.41, 5.74) is 1.14. The molecule has 0 spiro atoms. The predicted molar refractivity (Wildman–Crippen MR) is 107 cm³/mol. The zero-order valence-corrected chi connectivity index (χ0v) is 17.2. The molecule has 0 radical (unpaired) electrons. The first kappa shape index (κ1) is 20.4. The first-order valence-corrected chi connectivity index (χ1v) is 10.2. The van der Waals surface area contributed by atoms with E-state index in [1.54, 1.807) is 19.1 Å². The summed E-state index contributed by atoms with van der Waals surface area (Å²) in [6, 6.07) is 9.28.